The first-order valence-electron chi connectivity index (χ1n) is 10.8. The molecule has 1 saturated heterocycles. The molecule has 8 nitrogen and oxygen atoms in total. The third kappa shape index (κ3) is 5.12. The highest BCUT2D eigenvalue weighted by molar-refractivity contribution is 7.89. The minimum Gasteiger partial charge on any atom is -0.337 e. The Morgan fingerprint density at radius 3 is 2.55 bits per heavy atom. The fraction of sp³-hybridized carbons (Fsp3) is 0.348. The summed E-state index contributed by atoms with van der Waals surface area (Å²) in [6.45, 7) is 4.23. The summed E-state index contributed by atoms with van der Waals surface area (Å²) in [6.07, 6.45) is 1.59. The van der Waals surface area contributed by atoms with Crippen molar-refractivity contribution in [1.82, 2.24) is 14.4 Å². The molecule has 3 aromatic rings. The lowest BCUT2D eigenvalue weighted by Gasteiger charge is -2.21. The van der Waals surface area contributed by atoms with Crippen LogP contribution in [0.3, 0.4) is 0 Å². The molecule has 4 rings (SSSR count). The van der Waals surface area contributed by atoms with Gasteiger partial charge in [0, 0.05) is 24.2 Å². The van der Waals surface area contributed by atoms with E-state index >= 15 is 0 Å². The van der Waals surface area contributed by atoms with Crippen molar-refractivity contribution >= 4 is 21.6 Å². The van der Waals surface area contributed by atoms with Crippen molar-refractivity contribution in [2.45, 2.75) is 44.0 Å². The fourth-order valence-corrected chi connectivity index (χ4v) is 5.44. The van der Waals surface area contributed by atoms with Gasteiger partial charge in [0.1, 0.15) is 11.9 Å². The average Bonchev–Trinajstić information content (AvgIpc) is 3.44. The number of nitrogens with zero attached hydrogens (tertiary/aromatic N) is 3. The van der Waals surface area contributed by atoms with E-state index in [1.807, 2.05) is 13.8 Å². The second kappa shape index (κ2) is 9.40. The number of sulfonamides is 1. The molecule has 1 fully saturated rings. The number of anilines is 1. The lowest BCUT2D eigenvalue weighted by atomic mass is 10.1. The van der Waals surface area contributed by atoms with Crippen LogP contribution in [0.1, 0.15) is 45.0 Å². The molecule has 2 aromatic carbocycles. The topological polar surface area (TPSA) is 105 Å². The zero-order valence-electron chi connectivity index (χ0n) is 18.4. The molecule has 0 unspecified atom stereocenters. The molecule has 1 aromatic heterocycles. The Balaban J connectivity index is 1.52. The van der Waals surface area contributed by atoms with Gasteiger partial charge in [-0.15, -0.1) is 0 Å². The van der Waals surface area contributed by atoms with E-state index in [0.717, 1.165) is 0 Å². The molecular weight excluding hydrogens is 447 g/mol. The molecule has 1 N–H and O–H groups in total. The lowest BCUT2D eigenvalue weighted by molar-refractivity contribution is -0.116. The van der Waals surface area contributed by atoms with Crippen LogP contribution in [0.2, 0.25) is 0 Å². The van der Waals surface area contributed by atoms with Gasteiger partial charge in [-0.2, -0.15) is 9.29 Å². The normalized spacial score (nSPS) is 16.9. The van der Waals surface area contributed by atoms with Crippen molar-refractivity contribution in [3.05, 3.63) is 60.2 Å². The van der Waals surface area contributed by atoms with Gasteiger partial charge in [0.05, 0.1) is 4.90 Å². The number of amides is 1. The van der Waals surface area contributed by atoms with Gasteiger partial charge >= 0.3 is 0 Å². The molecule has 1 atom stereocenters. The molecule has 33 heavy (non-hydrogen) atoms. The first-order chi connectivity index (χ1) is 15.7. The maximum atomic E-state index is 13.3. The van der Waals surface area contributed by atoms with Gasteiger partial charge in [0.25, 0.3) is 0 Å². The molecule has 0 spiro atoms. The predicted octanol–water partition coefficient (Wildman–Crippen LogP) is 4.39. The van der Waals surface area contributed by atoms with Gasteiger partial charge in [-0.1, -0.05) is 19.0 Å². The van der Waals surface area contributed by atoms with Crippen molar-refractivity contribution in [3.8, 4) is 11.4 Å². The highest BCUT2D eigenvalue weighted by Gasteiger charge is 2.39. The van der Waals surface area contributed by atoms with Crippen LogP contribution in [0.5, 0.6) is 0 Å². The Kier molecular flexibility index (Phi) is 6.57. The number of carbonyl (C=O) groups excluding carboxylic acids is 1. The monoisotopic (exact) mass is 472 g/mol. The third-order valence-electron chi connectivity index (χ3n) is 5.37. The predicted molar refractivity (Wildman–Crippen MR) is 120 cm³/mol. The Labute approximate surface area is 191 Å². The van der Waals surface area contributed by atoms with Gasteiger partial charge in [-0.3, -0.25) is 4.79 Å². The average molecular weight is 473 g/mol. The molecule has 174 valence electrons. The molecular formula is C23H25FN4O4S. The summed E-state index contributed by atoms with van der Waals surface area (Å²) in [5, 5.41) is 6.71. The van der Waals surface area contributed by atoms with E-state index in [1.165, 1.54) is 40.7 Å². The van der Waals surface area contributed by atoms with Gasteiger partial charge in [-0.05, 0) is 67.3 Å². The van der Waals surface area contributed by atoms with E-state index in [9.17, 15) is 17.6 Å². The van der Waals surface area contributed by atoms with Crippen LogP contribution in [0.4, 0.5) is 10.1 Å². The number of hydrogen-bond acceptors (Lipinski definition) is 6. The van der Waals surface area contributed by atoms with Crippen LogP contribution in [0.25, 0.3) is 11.4 Å². The molecule has 1 aliphatic rings. The summed E-state index contributed by atoms with van der Waals surface area (Å²) >= 11 is 0. The standard InChI is InChI=1S/C23H25FN4O4S/c1-15(2)14-21(29)25-18-9-11-19(12-10-18)33(30,31)28-13-3-4-20(28)23-26-22(27-32-23)16-5-7-17(24)8-6-16/h5-12,15,20H,3-4,13-14H2,1-2H3,(H,25,29)/t20-/m0/s1. The maximum Gasteiger partial charge on any atom is 0.245 e. The molecule has 1 aliphatic heterocycles. The number of rotatable bonds is 7. The number of carbonyl (C=O) groups is 1. The minimum atomic E-state index is -3.82. The zero-order chi connectivity index (χ0) is 23.6. The van der Waals surface area contributed by atoms with Crippen LogP contribution in [-0.2, 0) is 14.8 Å². The number of halogens is 1. The van der Waals surface area contributed by atoms with E-state index in [-0.39, 0.29) is 34.3 Å². The van der Waals surface area contributed by atoms with E-state index in [2.05, 4.69) is 15.5 Å². The summed E-state index contributed by atoms with van der Waals surface area (Å²) < 4.78 is 46.6. The molecule has 1 amide bonds. The van der Waals surface area contributed by atoms with Crippen LogP contribution >= 0.6 is 0 Å². The molecule has 0 radical (unpaired) electrons. The Morgan fingerprint density at radius 2 is 1.88 bits per heavy atom. The summed E-state index contributed by atoms with van der Waals surface area (Å²) in [5.74, 6) is 0.211. The van der Waals surface area contributed by atoms with Crippen molar-refractivity contribution in [2.24, 2.45) is 5.92 Å². The van der Waals surface area contributed by atoms with Gasteiger partial charge < -0.3 is 9.84 Å². The van der Waals surface area contributed by atoms with Crippen molar-refractivity contribution in [1.29, 1.82) is 0 Å². The van der Waals surface area contributed by atoms with Crippen molar-refractivity contribution in [2.75, 3.05) is 11.9 Å². The van der Waals surface area contributed by atoms with Crippen LogP contribution in [0, 0.1) is 11.7 Å². The number of hydrogen-bond donors (Lipinski definition) is 1. The number of benzene rings is 2. The maximum absolute atomic E-state index is 13.3. The SMILES string of the molecule is CC(C)CC(=O)Nc1ccc(S(=O)(=O)N2CCC[C@H]2c2nc(-c3ccc(F)cc3)no2)cc1. The summed E-state index contributed by atoms with van der Waals surface area (Å²) in [6, 6.07) is 11.2. The molecule has 0 saturated carbocycles. The van der Waals surface area contributed by atoms with E-state index in [1.54, 1.807) is 12.1 Å². The van der Waals surface area contributed by atoms with Crippen LogP contribution in [0.15, 0.2) is 57.9 Å². The molecule has 2 heterocycles. The first-order valence-corrected chi connectivity index (χ1v) is 12.2. The smallest absolute Gasteiger partial charge is 0.245 e. The van der Waals surface area contributed by atoms with E-state index < -0.39 is 16.1 Å². The highest BCUT2D eigenvalue weighted by atomic mass is 32.2. The summed E-state index contributed by atoms with van der Waals surface area (Å²) in [5.41, 5.74) is 1.12. The van der Waals surface area contributed by atoms with E-state index in [4.69, 9.17) is 4.52 Å². The van der Waals surface area contributed by atoms with Crippen molar-refractivity contribution < 1.29 is 22.1 Å². The molecule has 0 aliphatic carbocycles. The Morgan fingerprint density at radius 1 is 1.18 bits per heavy atom. The number of nitrogens with one attached hydrogen (secondary N) is 1. The highest BCUT2D eigenvalue weighted by Crippen LogP contribution is 2.36. The Bertz CT molecular complexity index is 1220. The second-order valence-electron chi connectivity index (χ2n) is 8.41. The largest absolute Gasteiger partial charge is 0.337 e. The minimum absolute atomic E-state index is 0.117. The first kappa shape index (κ1) is 23.1. The van der Waals surface area contributed by atoms with Gasteiger partial charge in [0.15, 0.2) is 0 Å². The zero-order valence-corrected chi connectivity index (χ0v) is 19.2. The fourth-order valence-electron chi connectivity index (χ4n) is 3.79. The third-order valence-corrected chi connectivity index (χ3v) is 7.29. The van der Waals surface area contributed by atoms with E-state index in [0.29, 0.717) is 37.1 Å². The molecule has 10 heteroatoms. The summed E-state index contributed by atoms with van der Waals surface area (Å²) in [7, 11) is -3.82. The lowest BCUT2D eigenvalue weighted by Crippen LogP contribution is -2.30. The Hall–Kier alpha value is -3.11. The van der Waals surface area contributed by atoms with Crippen LogP contribution < -0.4 is 5.32 Å². The second-order valence-corrected chi connectivity index (χ2v) is 10.3. The number of aromatic nitrogens is 2. The van der Waals surface area contributed by atoms with Crippen LogP contribution in [-0.4, -0.2) is 35.3 Å². The van der Waals surface area contributed by atoms with Crippen molar-refractivity contribution in [3.63, 3.8) is 0 Å². The quantitative estimate of drug-likeness (QED) is 0.547. The summed E-state index contributed by atoms with van der Waals surface area (Å²) in [4.78, 5) is 16.4. The van der Waals surface area contributed by atoms with Gasteiger partial charge in [0.2, 0.25) is 27.6 Å². The molecule has 0 bridgehead atoms. The van der Waals surface area contributed by atoms with Gasteiger partial charge in [-0.25, -0.2) is 12.8 Å².